The van der Waals surface area contributed by atoms with Crippen molar-refractivity contribution < 1.29 is 36.1 Å². The summed E-state index contributed by atoms with van der Waals surface area (Å²) in [4.78, 5) is 10.3. The van der Waals surface area contributed by atoms with Crippen LogP contribution in [0.4, 0.5) is 1.92 Å². The number of nitrogens with one attached hydrogen (secondary N) is 1. The first kappa shape index (κ1) is 6.84. The third-order valence-electron chi connectivity index (χ3n) is 0.720. The Morgan fingerprint density at radius 1 is 1.88 bits per heavy atom. The second kappa shape index (κ2) is 3.04. The van der Waals surface area contributed by atoms with Gasteiger partial charge >= 0.3 is 66.6 Å². The summed E-state index contributed by atoms with van der Waals surface area (Å²) in [5.41, 5.74) is 0. The molecule has 1 rings (SSSR count). The molecule has 0 saturated carbocycles. The molecule has 1 N–H and O–H groups in total. The maximum atomic E-state index is 11.8. The van der Waals surface area contributed by atoms with Crippen LogP contribution >= 0.6 is 11.8 Å². The molecule has 0 aliphatic carbocycles. The van der Waals surface area contributed by atoms with E-state index in [0.717, 1.165) is 0 Å². The molecule has 1 aliphatic heterocycles. The molecule has 0 bridgehead atoms. The first-order valence-electron chi connectivity index (χ1n) is 2.06. The van der Waals surface area contributed by atoms with E-state index >= 15 is 0 Å². The van der Waals surface area contributed by atoms with Gasteiger partial charge in [0.05, 0.1) is 0 Å². The second-order valence-corrected chi connectivity index (χ2v) is 5.31. The summed E-state index contributed by atoms with van der Waals surface area (Å²) >= 11 is -0.664. The summed E-state index contributed by atoms with van der Waals surface area (Å²) in [6.07, 6.45) is 0. The summed E-state index contributed by atoms with van der Waals surface area (Å²) in [5.74, 6) is 0.374. The molecule has 1 amide bonds. The minimum atomic E-state index is -1.98. The van der Waals surface area contributed by atoms with Crippen LogP contribution in [-0.4, -0.2) is 13.4 Å². The maximum absolute atomic E-state index is 11.8. The van der Waals surface area contributed by atoms with Gasteiger partial charge < -0.3 is 0 Å². The van der Waals surface area contributed by atoms with E-state index in [-0.39, 0.29) is 5.91 Å². The molecule has 0 aromatic carbocycles. The molecule has 1 heterocycles. The van der Waals surface area contributed by atoms with Crippen LogP contribution in [0.3, 0.4) is 0 Å². The number of carbonyl (C=O) groups is 1. The van der Waals surface area contributed by atoms with E-state index in [0.29, 0.717) is 7.51 Å². The van der Waals surface area contributed by atoms with Gasteiger partial charge in [0, 0.05) is 0 Å². The molecule has 0 unspecified atom stereocenters. The Bertz CT molecular complexity index is 148. The Morgan fingerprint density at radius 3 is 2.88 bits per heavy atom. The van der Waals surface area contributed by atoms with Gasteiger partial charge in [-0.3, -0.25) is 0 Å². The summed E-state index contributed by atoms with van der Waals surface area (Å²) in [6.45, 7) is 0. The van der Waals surface area contributed by atoms with Crippen LogP contribution in [0.1, 0.15) is 0 Å². The van der Waals surface area contributed by atoms with E-state index in [4.69, 9.17) is 0 Å². The van der Waals surface area contributed by atoms with Crippen molar-refractivity contribution in [3.05, 3.63) is 0 Å². The average molecular weight is 209 g/mol. The van der Waals surface area contributed by atoms with Crippen molar-refractivity contribution in [2.75, 3.05) is 5.75 Å². The molecule has 42 valence electrons. The van der Waals surface area contributed by atoms with E-state index in [1.54, 1.807) is 0 Å². The van der Waals surface area contributed by atoms with Crippen LogP contribution in [0.25, 0.3) is 0 Å². The SMILES string of the molecule is O=C1CS[C](=[Y][F])N1. The average Bonchev–Trinajstić information content (AvgIpc) is 2.14. The van der Waals surface area contributed by atoms with Gasteiger partial charge in [-0.15, -0.1) is 0 Å². The van der Waals surface area contributed by atoms with Crippen molar-refractivity contribution in [2.45, 2.75) is 0 Å². The fraction of sp³-hybridized carbons (Fsp3) is 0.333. The van der Waals surface area contributed by atoms with E-state index in [9.17, 15) is 6.72 Å². The Kier molecular flexibility index (Phi) is 2.60. The number of carbonyl (C=O) groups excluding carboxylic acids is 1. The number of hydrogen-bond acceptors (Lipinski definition) is 2. The van der Waals surface area contributed by atoms with Crippen LogP contribution in [0.15, 0.2) is 0 Å². The third kappa shape index (κ3) is 1.60. The topological polar surface area (TPSA) is 29.1 Å². The van der Waals surface area contributed by atoms with Crippen molar-refractivity contribution in [1.82, 2.24) is 5.32 Å². The van der Waals surface area contributed by atoms with Crippen LogP contribution in [-0.2, 0) is 34.2 Å². The second-order valence-electron chi connectivity index (χ2n) is 1.31. The molecule has 5 heteroatoms. The third-order valence-corrected chi connectivity index (χ3v) is 4.14. The van der Waals surface area contributed by atoms with E-state index < -0.39 is 29.4 Å². The predicted octanol–water partition coefficient (Wildman–Crippen LogP) is -0.0962. The molecule has 2 nitrogen and oxygen atoms in total. The Labute approximate surface area is 66.2 Å². The Morgan fingerprint density at radius 2 is 2.62 bits per heavy atom. The fourth-order valence-corrected chi connectivity index (χ4v) is 2.63. The van der Waals surface area contributed by atoms with Crippen LogP contribution < -0.4 is 5.32 Å². The first-order valence-corrected chi connectivity index (χ1v) is 5.53. The number of halogens is 1. The van der Waals surface area contributed by atoms with Gasteiger partial charge in [-0.2, -0.15) is 0 Å². The Hall–Kier alpha value is 0.724. The van der Waals surface area contributed by atoms with E-state index in [1.165, 1.54) is 11.8 Å². The summed E-state index contributed by atoms with van der Waals surface area (Å²) in [5, 5.41) is 2.45. The first-order chi connectivity index (χ1) is 3.83. The molecule has 0 aromatic heterocycles. The van der Waals surface area contributed by atoms with Crippen LogP contribution in [0.5, 0.6) is 0 Å². The molecule has 0 aromatic rings. The zero-order valence-electron chi connectivity index (χ0n) is 3.98. The molecule has 0 atom stereocenters. The van der Waals surface area contributed by atoms with Crippen molar-refractivity contribution in [3.63, 3.8) is 0 Å². The van der Waals surface area contributed by atoms with Crippen LogP contribution in [0.2, 0.25) is 0 Å². The molecule has 1 saturated heterocycles. The summed E-state index contributed by atoms with van der Waals surface area (Å²) in [7, 11) is 0. The summed E-state index contributed by atoms with van der Waals surface area (Å²) < 4.78 is 12.4. The van der Waals surface area contributed by atoms with Crippen molar-refractivity contribution in [1.29, 1.82) is 0 Å². The molecule has 0 spiro atoms. The molecular formula is C3H3FNOSY. The minimum absolute atomic E-state index is 0.0473. The molecule has 0 radical (unpaired) electrons. The normalized spacial score (nSPS) is 23.1. The van der Waals surface area contributed by atoms with Crippen molar-refractivity contribution in [3.8, 4) is 0 Å². The molecule has 8 heavy (non-hydrogen) atoms. The van der Waals surface area contributed by atoms with Gasteiger partial charge in [-0.25, -0.2) is 0 Å². The van der Waals surface area contributed by atoms with Gasteiger partial charge in [-0.05, 0) is 0 Å². The quantitative estimate of drug-likeness (QED) is 0.603. The number of amides is 1. The van der Waals surface area contributed by atoms with Gasteiger partial charge in [0.1, 0.15) is 0 Å². The number of thioether (sulfide) groups is 1. The number of hydrogen-bond donors (Lipinski definition) is 1. The van der Waals surface area contributed by atoms with E-state index in [2.05, 4.69) is 5.32 Å². The zero-order chi connectivity index (χ0) is 5.98. The summed E-state index contributed by atoms with van der Waals surface area (Å²) in [6, 6.07) is 0. The fourth-order valence-electron chi connectivity index (χ4n) is 0.412. The van der Waals surface area contributed by atoms with Gasteiger partial charge in [0.2, 0.25) is 0 Å². The predicted molar refractivity (Wildman–Crippen MR) is 26.7 cm³/mol. The molecule has 1 aliphatic rings. The monoisotopic (exact) mass is 209 g/mol. The zero-order valence-corrected chi connectivity index (χ0v) is 7.63. The van der Waals surface area contributed by atoms with Crippen molar-refractivity contribution in [2.24, 2.45) is 0 Å². The molecule has 1 fully saturated rings. The Balaban J connectivity index is 2.56. The van der Waals surface area contributed by atoms with Gasteiger partial charge in [0.25, 0.3) is 0 Å². The van der Waals surface area contributed by atoms with Gasteiger partial charge in [0.15, 0.2) is 0 Å². The number of rotatable bonds is 0. The van der Waals surface area contributed by atoms with Crippen LogP contribution in [0, 0.1) is 0 Å². The standard InChI is InChI=1S/C3H3NOS.FH.Y/c5-3-1-6-2-4-3;;/h1H2,(H,4,5);1H;/q;;+1/p-1. The van der Waals surface area contributed by atoms with E-state index in [1.807, 2.05) is 0 Å². The molecular weight excluding hydrogens is 206 g/mol. The van der Waals surface area contributed by atoms with Gasteiger partial charge in [-0.1, -0.05) is 0 Å². The van der Waals surface area contributed by atoms with Crippen molar-refractivity contribution >= 4 is 19.4 Å².